The lowest BCUT2D eigenvalue weighted by atomic mass is 10.1. The first-order valence-electron chi connectivity index (χ1n) is 6.50. The van der Waals surface area contributed by atoms with Crippen LogP contribution in [0.25, 0.3) is 0 Å². The fraction of sp³-hybridized carbons (Fsp3) is 0.500. The molecular formula is C14H20ClN3S. The summed E-state index contributed by atoms with van der Waals surface area (Å²) in [5, 5.41) is 0.622. The Bertz CT molecular complexity index is 478. The van der Waals surface area contributed by atoms with Gasteiger partial charge in [0.25, 0.3) is 0 Å². The number of hydrogen-bond acceptors (Lipinski definition) is 3. The molecule has 1 aliphatic rings. The molecule has 0 spiro atoms. The minimum atomic E-state index is 0.354. The van der Waals surface area contributed by atoms with Crippen LogP contribution in [0.5, 0.6) is 0 Å². The predicted octanol–water partition coefficient (Wildman–Crippen LogP) is 2.50. The maximum atomic E-state index is 6.21. The Morgan fingerprint density at radius 3 is 2.89 bits per heavy atom. The normalized spacial score (nSPS) is 19.6. The van der Waals surface area contributed by atoms with Gasteiger partial charge in [-0.25, -0.2) is 0 Å². The van der Waals surface area contributed by atoms with Crippen molar-refractivity contribution in [3.8, 4) is 0 Å². The lowest BCUT2D eigenvalue weighted by Gasteiger charge is -2.29. The number of likely N-dealkylation sites (tertiary alicyclic amines) is 1. The van der Waals surface area contributed by atoms with Crippen LogP contribution in [0, 0.1) is 0 Å². The van der Waals surface area contributed by atoms with Crippen molar-refractivity contribution in [3.05, 3.63) is 28.8 Å². The second-order valence-corrected chi connectivity index (χ2v) is 6.00. The third kappa shape index (κ3) is 3.19. The van der Waals surface area contributed by atoms with Crippen LogP contribution in [0.4, 0.5) is 5.69 Å². The van der Waals surface area contributed by atoms with Crippen LogP contribution in [0.2, 0.25) is 5.02 Å². The molecule has 1 unspecified atom stereocenters. The third-order valence-corrected chi connectivity index (χ3v) is 4.32. The molecule has 1 saturated heterocycles. The fourth-order valence-electron chi connectivity index (χ4n) is 2.70. The monoisotopic (exact) mass is 297 g/mol. The molecule has 0 saturated carbocycles. The van der Waals surface area contributed by atoms with E-state index in [1.165, 1.54) is 19.4 Å². The van der Waals surface area contributed by atoms with Crippen LogP contribution in [0.3, 0.4) is 0 Å². The molecule has 1 atom stereocenters. The quantitative estimate of drug-likeness (QED) is 0.866. The Kier molecular flexibility index (Phi) is 4.66. The number of anilines is 1. The topological polar surface area (TPSA) is 32.5 Å². The molecule has 0 aromatic heterocycles. The van der Waals surface area contributed by atoms with Crippen molar-refractivity contribution in [2.45, 2.75) is 18.9 Å². The highest BCUT2D eigenvalue weighted by Gasteiger charge is 2.23. The van der Waals surface area contributed by atoms with E-state index in [1.54, 1.807) is 0 Å². The molecular weight excluding hydrogens is 278 g/mol. The second kappa shape index (κ2) is 6.07. The molecule has 0 amide bonds. The zero-order valence-corrected chi connectivity index (χ0v) is 13.0. The van der Waals surface area contributed by atoms with Crippen LogP contribution >= 0.6 is 23.8 Å². The summed E-state index contributed by atoms with van der Waals surface area (Å²) in [6, 6.07) is 6.38. The summed E-state index contributed by atoms with van der Waals surface area (Å²) >= 11 is 11.3. The van der Waals surface area contributed by atoms with E-state index in [2.05, 4.69) is 23.9 Å². The standard InChI is InChI=1S/C14H20ClN3S/c1-17-8-4-5-10(17)9-18(2)12-7-3-6-11(15)13(12)14(16)19/h3,6-7,10H,4-5,8-9H2,1-2H3,(H2,16,19). The van der Waals surface area contributed by atoms with Crippen LogP contribution in [-0.4, -0.2) is 43.1 Å². The lowest BCUT2D eigenvalue weighted by molar-refractivity contribution is 0.314. The van der Waals surface area contributed by atoms with E-state index < -0.39 is 0 Å². The summed E-state index contributed by atoms with van der Waals surface area (Å²) < 4.78 is 0. The molecule has 19 heavy (non-hydrogen) atoms. The zero-order chi connectivity index (χ0) is 14.0. The van der Waals surface area contributed by atoms with Gasteiger partial charge in [-0.3, -0.25) is 0 Å². The Morgan fingerprint density at radius 1 is 1.58 bits per heavy atom. The lowest BCUT2D eigenvalue weighted by Crippen LogP contribution is -2.37. The van der Waals surface area contributed by atoms with Crippen molar-refractivity contribution < 1.29 is 0 Å². The summed E-state index contributed by atoms with van der Waals surface area (Å²) in [4.78, 5) is 4.96. The van der Waals surface area contributed by atoms with Gasteiger partial charge in [-0.05, 0) is 38.6 Å². The molecule has 104 valence electrons. The Morgan fingerprint density at radius 2 is 2.32 bits per heavy atom. The molecule has 1 aromatic carbocycles. The fourth-order valence-corrected chi connectivity index (χ4v) is 3.24. The van der Waals surface area contributed by atoms with Crippen molar-refractivity contribution in [2.24, 2.45) is 5.73 Å². The van der Waals surface area contributed by atoms with E-state index in [-0.39, 0.29) is 0 Å². The van der Waals surface area contributed by atoms with Gasteiger partial charge in [0.1, 0.15) is 4.99 Å². The number of nitrogens with zero attached hydrogens (tertiary/aromatic N) is 2. The van der Waals surface area contributed by atoms with E-state index in [4.69, 9.17) is 29.6 Å². The zero-order valence-electron chi connectivity index (χ0n) is 11.4. The van der Waals surface area contributed by atoms with Crippen LogP contribution < -0.4 is 10.6 Å². The number of nitrogens with two attached hydrogens (primary N) is 1. The highest BCUT2D eigenvalue weighted by molar-refractivity contribution is 7.80. The summed E-state index contributed by atoms with van der Waals surface area (Å²) in [5.41, 5.74) is 7.59. The Labute approximate surface area is 125 Å². The average molecular weight is 298 g/mol. The third-order valence-electron chi connectivity index (χ3n) is 3.81. The smallest absolute Gasteiger partial charge is 0.107 e. The Hall–Kier alpha value is -0.840. The van der Waals surface area contributed by atoms with Crippen molar-refractivity contribution >= 4 is 34.5 Å². The molecule has 1 heterocycles. The van der Waals surface area contributed by atoms with E-state index in [1.807, 2.05) is 18.2 Å². The van der Waals surface area contributed by atoms with Crippen molar-refractivity contribution in [2.75, 3.05) is 32.1 Å². The minimum absolute atomic E-state index is 0.354. The second-order valence-electron chi connectivity index (χ2n) is 5.16. The Balaban J connectivity index is 2.21. The summed E-state index contributed by atoms with van der Waals surface area (Å²) in [7, 11) is 4.25. The van der Waals surface area contributed by atoms with Gasteiger partial charge in [0.05, 0.1) is 10.6 Å². The molecule has 0 radical (unpaired) electrons. The average Bonchev–Trinajstić information content (AvgIpc) is 2.74. The molecule has 3 nitrogen and oxygen atoms in total. The van der Waals surface area contributed by atoms with Gasteiger partial charge < -0.3 is 15.5 Å². The summed E-state index contributed by atoms with van der Waals surface area (Å²) in [5.74, 6) is 0. The molecule has 5 heteroatoms. The molecule has 1 aliphatic heterocycles. The molecule has 1 aromatic rings. The predicted molar refractivity (Wildman–Crippen MR) is 86.3 cm³/mol. The number of halogens is 1. The van der Waals surface area contributed by atoms with E-state index in [0.717, 1.165) is 17.8 Å². The maximum Gasteiger partial charge on any atom is 0.107 e. The van der Waals surface area contributed by atoms with Gasteiger partial charge >= 0.3 is 0 Å². The molecule has 2 N–H and O–H groups in total. The molecule has 0 aliphatic carbocycles. The first-order chi connectivity index (χ1) is 9.00. The number of hydrogen-bond donors (Lipinski definition) is 1. The number of rotatable bonds is 4. The summed E-state index contributed by atoms with van der Waals surface area (Å²) in [6.45, 7) is 2.14. The number of likely N-dealkylation sites (N-methyl/N-ethyl adjacent to an activating group) is 2. The number of thiocarbonyl (C=S) groups is 1. The largest absolute Gasteiger partial charge is 0.389 e. The molecule has 0 bridgehead atoms. The van der Waals surface area contributed by atoms with Gasteiger partial charge in [-0.2, -0.15) is 0 Å². The van der Waals surface area contributed by atoms with Crippen LogP contribution in [0.1, 0.15) is 18.4 Å². The van der Waals surface area contributed by atoms with Crippen molar-refractivity contribution in [1.29, 1.82) is 0 Å². The van der Waals surface area contributed by atoms with Gasteiger partial charge in [-0.1, -0.05) is 29.9 Å². The molecule has 1 fully saturated rings. The molecule has 2 rings (SSSR count). The van der Waals surface area contributed by atoms with E-state index in [9.17, 15) is 0 Å². The van der Waals surface area contributed by atoms with Crippen molar-refractivity contribution in [3.63, 3.8) is 0 Å². The maximum absolute atomic E-state index is 6.21. The van der Waals surface area contributed by atoms with E-state index in [0.29, 0.717) is 16.1 Å². The SMILES string of the molecule is CN(CC1CCCN1C)c1cccc(Cl)c1C(N)=S. The minimum Gasteiger partial charge on any atom is -0.389 e. The van der Waals surface area contributed by atoms with Gasteiger partial charge in [0, 0.05) is 25.3 Å². The first kappa shape index (κ1) is 14.6. The number of benzene rings is 1. The van der Waals surface area contributed by atoms with Gasteiger partial charge in [0.2, 0.25) is 0 Å². The van der Waals surface area contributed by atoms with Gasteiger partial charge in [0.15, 0.2) is 0 Å². The van der Waals surface area contributed by atoms with E-state index >= 15 is 0 Å². The first-order valence-corrected chi connectivity index (χ1v) is 7.29. The highest BCUT2D eigenvalue weighted by Crippen LogP contribution is 2.28. The highest BCUT2D eigenvalue weighted by atomic mass is 35.5. The van der Waals surface area contributed by atoms with Crippen LogP contribution in [-0.2, 0) is 0 Å². The van der Waals surface area contributed by atoms with Crippen molar-refractivity contribution in [1.82, 2.24) is 4.90 Å². The van der Waals surface area contributed by atoms with Crippen LogP contribution in [0.15, 0.2) is 18.2 Å². The summed E-state index contributed by atoms with van der Waals surface area (Å²) in [6.07, 6.45) is 2.51. The van der Waals surface area contributed by atoms with Gasteiger partial charge in [-0.15, -0.1) is 0 Å².